The molecule has 0 atom stereocenters. The summed E-state index contributed by atoms with van der Waals surface area (Å²) in [5.74, 6) is 0. The Hall–Kier alpha value is -1.64. The molecule has 0 aliphatic carbocycles. The molecule has 2 heteroatoms. The zero-order valence-electron chi connectivity index (χ0n) is 13.0. The topological polar surface area (TPSA) is 15.3 Å². The molecule has 0 aromatic heterocycles. The highest BCUT2D eigenvalue weighted by molar-refractivity contribution is 5.65. The van der Waals surface area contributed by atoms with Gasteiger partial charge in [0.1, 0.15) is 0 Å². The van der Waals surface area contributed by atoms with Crippen LogP contribution in [-0.2, 0) is 6.54 Å². The van der Waals surface area contributed by atoms with E-state index in [1.165, 1.54) is 27.8 Å². The molecule has 21 heavy (non-hydrogen) atoms. The van der Waals surface area contributed by atoms with Crippen molar-refractivity contribution in [3.8, 4) is 11.1 Å². The Kier molecular flexibility index (Phi) is 4.37. The fraction of sp³-hybridized carbons (Fsp3) is 0.368. The van der Waals surface area contributed by atoms with Gasteiger partial charge in [-0.2, -0.15) is 0 Å². The average molecular weight is 280 g/mol. The Morgan fingerprint density at radius 1 is 0.952 bits per heavy atom. The molecule has 0 bridgehead atoms. The third kappa shape index (κ3) is 3.52. The summed E-state index contributed by atoms with van der Waals surface area (Å²) in [5.41, 5.74) is 6.79. The lowest BCUT2D eigenvalue weighted by Crippen LogP contribution is -2.42. The van der Waals surface area contributed by atoms with Gasteiger partial charge >= 0.3 is 0 Å². The number of nitrogens with one attached hydrogen (secondary N) is 1. The molecule has 110 valence electrons. The van der Waals surface area contributed by atoms with Crippen LogP contribution in [0.2, 0.25) is 0 Å². The molecule has 2 aromatic rings. The minimum Gasteiger partial charge on any atom is -0.314 e. The monoisotopic (exact) mass is 280 g/mol. The smallest absolute Gasteiger partial charge is 0.0237 e. The molecule has 0 spiro atoms. The van der Waals surface area contributed by atoms with Crippen LogP contribution in [0.15, 0.2) is 42.5 Å². The molecule has 0 saturated carbocycles. The van der Waals surface area contributed by atoms with Crippen molar-refractivity contribution in [3.63, 3.8) is 0 Å². The first-order valence-electron chi connectivity index (χ1n) is 7.82. The average Bonchev–Trinajstić information content (AvgIpc) is 2.50. The summed E-state index contributed by atoms with van der Waals surface area (Å²) in [7, 11) is 0. The Balaban J connectivity index is 1.79. The molecule has 1 fully saturated rings. The summed E-state index contributed by atoms with van der Waals surface area (Å²) in [6.07, 6.45) is 0. The number of benzene rings is 2. The largest absolute Gasteiger partial charge is 0.314 e. The molecule has 1 saturated heterocycles. The van der Waals surface area contributed by atoms with E-state index in [1.807, 2.05) is 0 Å². The zero-order chi connectivity index (χ0) is 14.7. The van der Waals surface area contributed by atoms with Crippen LogP contribution in [0.3, 0.4) is 0 Å². The van der Waals surface area contributed by atoms with Gasteiger partial charge in [0.2, 0.25) is 0 Å². The Bertz CT molecular complexity index is 613. The minimum absolute atomic E-state index is 1.07. The van der Waals surface area contributed by atoms with Crippen LogP contribution in [0.25, 0.3) is 11.1 Å². The predicted octanol–water partition coefficient (Wildman–Crippen LogP) is 3.38. The maximum absolute atomic E-state index is 3.41. The number of hydrogen-bond acceptors (Lipinski definition) is 2. The van der Waals surface area contributed by atoms with Crippen LogP contribution in [0, 0.1) is 13.8 Å². The Morgan fingerprint density at radius 3 is 2.43 bits per heavy atom. The van der Waals surface area contributed by atoms with Crippen LogP contribution >= 0.6 is 0 Å². The van der Waals surface area contributed by atoms with Crippen molar-refractivity contribution >= 4 is 0 Å². The number of piperazine rings is 1. The van der Waals surface area contributed by atoms with E-state index in [4.69, 9.17) is 0 Å². The standard InChI is InChI=1S/C19H24N2/c1-15-4-3-5-17(12-15)18-6-7-19(16(2)13-18)14-21-10-8-20-9-11-21/h3-7,12-13,20H,8-11,14H2,1-2H3. The lowest BCUT2D eigenvalue weighted by Gasteiger charge is -2.27. The van der Waals surface area contributed by atoms with Crippen molar-refractivity contribution in [3.05, 3.63) is 59.2 Å². The number of nitrogens with zero attached hydrogens (tertiary/aromatic N) is 1. The third-order valence-corrected chi connectivity index (χ3v) is 4.30. The second-order valence-electron chi connectivity index (χ2n) is 6.04. The van der Waals surface area contributed by atoms with Crippen LogP contribution in [0.1, 0.15) is 16.7 Å². The van der Waals surface area contributed by atoms with Gasteiger partial charge in [-0.3, -0.25) is 4.90 Å². The molecule has 1 heterocycles. The first-order chi connectivity index (χ1) is 10.2. The number of rotatable bonds is 3. The molecule has 0 unspecified atom stereocenters. The maximum Gasteiger partial charge on any atom is 0.0237 e. The first kappa shape index (κ1) is 14.3. The molecule has 0 amide bonds. The third-order valence-electron chi connectivity index (χ3n) is 4.30. The normalized spacial score (nSPS) is 16.1. The summed E-state index contributed by atoms with van der Waals surface area (Å²) in [4.78, 5) is 2.53. The molecular weight excluding hydrogens is 256 g/mol. The molecule has 3 rings (SSSR count). The van der Waals surface area contributed by atoms with Crippen molar-refractivity contribution in [2.45, 2.75) is 20.4 Å². The first-order valence-corrected chi connectivity index (χ1v) is 7.82. The summed E-state index contributed by atoms with van der Waals surface area (Å²) in [6, 6.07) is 15.6. The van der Waals surface area contributed by atoms with E-state index in [-0.39, 0.29) is 0 Å². The van der Waals surface area contributed by atoms with Crippen molar-refractivity contribution in [2.24, 2.45) is 0 Å². The summed E-state index contributed by atoms with van der Waals surface area (Å²) in [5, 5.41) is 3.41. The summed E-state index contributed by atoms with van der Waals surface area (Å²) >= 11 is 0. The SMILES string of the molecule is Cc1cccc(-c2ccc(CN3CCNCC3)c(C)c2)c1. The Morgan fingerprint density at radius 2 is 1.71 bits per heavy atom. The second-order valence-corrected chi connectivity index (χ2v) is 6.04. The van der Waals surface area contributed by atoms with Gasteiger partial charge in [0.05, 0.1) is 0 Å². The molecule has 1 N–H and O–H groups in total. The molecule has 1 aliphatic heterocycles. The van der Waals surface area contributed by atoms with E-state index in [9.17, 15) is 0 Å². The lowest BCUT2D eigenvalue weighted by atomic mass is 9.98. The predicted molar refractivity (Wildman–Crippen MR) is 89.5 cm³/mol. The van der Waals surface area contributed by atoms with Gasteiger partial charge in [0.25, 0.3) is 0 Å². The highest BCUT2D eigenvalue weighted by Crippen LogP contribution is 2.24. The van der Waals surface area contributed by atoms with E-state index in [0.29, 0.717) is 0 Å². The van der Waals surface area contributed by atoms with E-state index < -0.39 is 0 Å². The second kappa shape index (κ2) is 6.42. The number of aryl methyl sites for hydroxylation is 2. The van der Waals surface area contributed by atoms with Crippen LogP contribution < -0.4 is 5.32 Å². The molecule has 0 radical (unpaired) electrons. The van der Waals surface area contributed by atoms with E-state index in [1.54, 1.807) is 0 Å². The fourth-order valence-electron chi connectivity index (χ4n) is 2.99. The van der Waals surface area contributed by atoms with Crippen molar-refractivity contribution in [1.29, 1.82) is 0 Å². The fourth-order valence-corrected chi connectivity index (χ4v) is 2.99. The van der Waals surface area contributed by atoms with Gasteiger partial charge in [-0.15, -0.1) is 0 Å². The van der Waals surface area contributed by atoms with Gasteiger partial charge in [-0.25, -0.2) is 0 Å². The molecule has 2 aromatic carbocycles. The van der Waals surface area contributed by atoms with Crippen molar-refractivity contribution in [1.82, 2.24) is 10.2 Å². The van der Waals surface area contributed by atoms with Gasteiger partial charge in [-0.1, -0.05) is 48.0 Å². The zero-order valence-corrected chi connectivity index (χ0v) is 13.0. The molecule has 1 aliphatic rings. The molecular formula is C19H24N2. The van der Waals surface area contributed by atoms with Crippen LogP contribution in [0.5, 0.6) is 0 Å². The lowest BCUT2D eigenvalue weighted by molar-refractivity contribution is 0.233. The van der Waals surface area contributed by atoms with Crippen molar-refractivity contribution in [2.75, 3.05) is 26.2 Å². The van der Waals surface area contributed by atoms with Gasteiger partial charge in [0, 0.05) is 32.7 Å². The van der Waals surface area contributed by atoms with Gasteiger partial charge in [-0.05, 0) is 36.1 Å². The van der Waals surface area contributed by atoms with Crippen molar-refractivity contribution < 1.29 is 0 Å². The van der Waals surface area contributed by atoms with E-state index in [2.05, 4.69) is 66.5 Å². The van der Waals surface area contributed by atoms with Crippen LogP contribution in [0.4, 0.5) is 0 Å². The maximum atomic E-state index is 3.41. The number of hydrogen-bond donors (Lipinski definition) is 1. The van der Waals surface area contributed by atoms with E-state index >= 15 is 0 Å². The highest BCUT2D eigenvalue weighted by Gasteiger charge is 2.11. The highest BCUT2D eigenvalue weighted by atomic mass is 15.2. The minimum atomic E-state index is 1.07. The Labute approximate surface area is 127 Å². The summed E-state index contributed by atoms with van der Waals surface area (Å²) in [6.45, 7) is 9.98. The van der Waals surface area contributed by atoms with E-state index in [0.717, 1.165) is 32.7 Å². The quantitative estimate of drug-likeness (QED) is 0.927. The van der Waals surface area contributed by atoms with Gasteiger partial charge in [0.15, 0.2) is 0 Å². The van der Waals surface area contributed by atoms with Gasteiger partial charge < -0.3 is 5.32 Å². The van der Waals surface area contributed by atoms with Crippen LogP contribution in [-0.4, -0.2) is 31.1 Å². The summed E-state index contributed by atoms with van der Waals surface area (Å²) < 4.78 is 0. The molecule has 2 nitrogen and oxygen atoms in total.